The molecular weight excluding hydrogens is 318 g/mol. The van der Waals surface area contributed by atoms with Gasteiger partial charge in [0.05, 0.1) is 26.4 Å². The van der Waals surface area contributed by atoms with Crippen LogP contribution in [0.15, 0.2) is 53.8 Å². The summed E-state index contributed by atoms with van der Waals surface area (Å²) in [5.41, 5.74) is 4.44. The molecule has 25 heavy (non-hydrogen) atoms. The molecule has 3 rings (SSSR count). The van der Waals surface area contributed by atoms with Gasteiger partial charge in [-0.15, -0.1) is 5.73 Å². The average molecular weight is 343 g/mol. The van der Waals surface area contributed by atoms with Gasteiger partial charge in [0.15, 0.2) is 11.5 Å². The van der Waals surface area contributed by atoms with Crippen LogP contribution >= 0.6 is 0 Å². The van der Waals surface area contributed by atoms with Crippen LogP contribution in [-0.4, -0.2) is 64.2 Å². The van der Waals surface area contributed by atoms with Gasteiger partial charge in [-0.1, -0.05) is 18.2 Å². The van der Waals surface area contributed by atoms with Crippen LogP contribution in [0, 0.1) is 0 Å². The molecule has 0 aromatic heterocycles. The Morgan fingerprint density at radius 1 is 0.840 bits per heavy atom. The van der Waals surface area contributed by atoms with Crippen LogP contribution < -0.4 is 9.47 Å². The molecule has 1 aromatic rings. The lowest BCUT2D eigenvalue weighted by atomic mass is 10.3. The standard InChI is InChI=1S/C20H25NO4/c1-2-6-18(5-1)17-21-9-11-22-13-15-24-19-7-3-4-8-20(19)25-16-14-23-12-10-21/h1-5,7-8H,9-17H2. The van der Waals surface area contributed by atoms with Crippen LogP contribution in [0.2, 0.25) is 0 Å². The fraction of sp³-hybridized carbons (Fsp3) is 0.450. The van der Waals surface area contributed by atoms with Gasteiger partial charge < -0.3 is 18.9 Å². The number of rotatable bonds is 2. The van der Waals surface area contributed by atoms with Crippen molar-refractivity contribution in [3.8, 4) is 11.5 Å². The van der Waals surface area contributed by atoms with Crippen LogP contribution in [0.5, 0.6) is 11.5 Å². The molecule has 0 unspecified atom stereocenters. The third kappa shape index (κ3) is 6.07. The average Bonchev–Trinajstić information content (AvgIpc) is 3.13. The summed E-state index contributed by atoms with van der Waals surface area (Å²) in [6.45, 7) is 6.04. The van der Waals surface area contributed by atoms with E-state index >= 15 is 0 Å². The predicted molar refractivity (Wildman–Crippen MR) is 96.2 cm³/mol. The first-order chi connectivity index (χ1) is 12.4. The van der Waals surface area contributed by atoms with Gasteiger partial charge in [0, 0.05) is 25.2 Å². The van der Waals surface area contributed by atoms with Gasteiger partial charge in [-0.2, -0.15) is 0 Å². The second-order valence-corrected chi connectivity index (χ2v) is 5.84. The van der Waals surface area contributed by atoms with Crippen molar-refractivity contribution in [1.29, 1.82) is 0 Å². The van der Waals surface area contributed by atoms with Crippen LogP contribution in [0.4, 0.5) is 0 Å². The summed E-state index contributed by atoms with van der Waals surface area (Å²) in [7, 11) is 0. The lowest BCUT2D eigenvalue weighted by Gasteiger charge is -2.22. The Labute approximate surface area is 149 Å². The molecule has 134 valence electrons. The first-order valence-corrected chi connectivity index (χ1v) is 8.76. The summed E-state index contributed by atoms with van der Waals surface area (Å²) in [5, 5.41) is 0. The number of hydrogen-bond acceptors (Lipinski definition) is 5. The van der Waals surface area contributed by atoms with E-state index in [9.17, 15) is 0 Å². The molecule has 0 saturated heterocycles. The Hall–Kier alpha value is -2.04. The van der Waals surface area contributed by atoms with Crippen molar-refractivity contribution in [3.05, 3.63) is 53.8 Å². The second kappa shape index (κ2) is 10.1. The van der Waals surface area contributed by atoms with E-state index in [-0.39, 0.29) is 0 Å². The van der Waals surface area contributed by atoms with E-state index < -0.39 is 0 Å². The van der Waals surface area contributed by atoms with E-state index in [2.05, 4.69) is 16.7 Å². The zero-order chi connectivity index (χ0) is 17.2. The third-order valence-electron chi connectivity index (χ3n) is 3.98. The number of nitrogens with zero attached hydrogens (tertiary/aromatic N) is 1. The van der Waals surface area contributed by atoms with Gasteiger partial charge in [-0.05, 0) is 24.3 Å². The van der Waals surface area contributed by atoms with Crippen molar-refractivity contribution < 1.29 is 18.9 Å². The Bertz CT molecular complexity index is 599. The van der Waals surface area contributed by atoms with Gasteiger partial charge in [0.1, 0.15) is 13.2 Å². The van der Waals surface area contributed by atoms with Gasteiger partial charge >= 0.3 is 0 Å². The topological polar surface area (TPSA) is 40.2 Å². The van der Waals surface area contributed by atoms with Crippen LogP contribution in [0.3, 0.4) is 0 Å². The molecule has 0 bridgehead atoms. The molecule has 1 heterocycles. The lowest BCUT2D eigenvalue weighted by Crippen LogP contribution is -2.33. The molecule has 2 aliphatic rings. The van der Waals surface area contributed by atoms with E-state index in [0.29, 0.717) is 39.6 Å². The summed E-state index contributed by atoms with van der Waals surface area (Å²) >= 11 is 0. The highest BCUT2D eigenvalue weighted by atomic mass is 16.6. The Balaban J connectivity index is 1.52. The van der Waals surface area contributed by atoms with E-state index in [0.717, 1.165) is 31.1 Å². The largest absolute Gasteiger partial charge is 0.487 e. The lowest BCUT2D eigenvalue weighted by molar-refractivity contribution is 0.0630. The maximum atomic E-state index is 5.77. The SMILES string of the molecule is C1=CC=CC=1CN1CCOCCOc2ccccc2OCCOCC1. The highest BCUT2D eigenvalue weighted by Gasteiger charge is 2.09. The zero-order valence-corrected chi connectivity index (χ0v) is 14.5. The molecule has 0 radical (unpaired) electrons. The molecule has 1 aromatic carbocycles. The van der Waals surface area contributed by atoms with Crippen molar-refractivity contribution >= 4 is 0 Å². The molecule has 0 N–H and O–H groups in total. The Morgan fingerprint density at radius 2 is 1.48 bits per heavy atom. The minimum atomic E-state index is 0.507. The van der Waals surface area contributed by atoms with Crippen molar-refractivity contribution in [2.75, 3.05) is 59.3 Å². The normalized spacial score (nSPS) is 19.9. The number of fused-ring (bicyclic) bond motifs is 1. The highest BCUT2D eigenvalue weighted by Crippen LogP contribution is 2.26. The van der Waals surface area contributed by atoms with Crippen molar-refractivity contribution in [3.63, 3.8) is 0 Å². The molecule has 5 heteroatoms. The number of hydrogen-bond donors (Lipinski definition) is 0. The summed E-state index contributed by atoms with van der Waals surface area (Å²) in [4.78, 5) is 2.32. The first kappa shape index (κ1) is 17.8. The number of allylic oxidation sites excluding steroid dienone is 1. The number of para-hydroxylation sites is 2. The smallest absolute Gasteiger partial charge is 0.161 e. The van der Waals surface area contributed by atoms with Crippen molar-refractivity contribution in [1.82, 2.24) is 4.90 Å². The van der Waals surface area contributed by atoms with Crippen molar-refractivity contribution in [2.24, 2.45) is 0 Å². The Morgan fingerprint density at radius 3 is 2.04 bits per heavy atom. The summed E-state index contributed by atoms with van der Waals surface area (Å²) in [6.07, 6.45) is 6.06. The molecule has 5 nitrogen and oxygen atoms in total. The van der Waals surface area contributed by atoms with Crippen LogP contribution in [0.1, 0.15) is 0 Å². The summed E-state index contributed by atoms with van der Waals surface area (Å²) in [5.74, 6) is 1.49. The van der Waals surface area contributed by atoms with Gasteiger partial charge in [0.2, 0.25) is 0 Å². The third-order valence-corrected chi connectivity index (χ3v) is 3.98. The molecule has 1 aliphatic carbocycles. The number of benzene rings is 1. The fourth-order valence-electron chi connectivity index (χ4n) is 2.68. The molecule has 0 saturated carbocycles. The van der Waals surface area contributed by atoms with Gasteiger partial charge in [0.25, 0.3) is 0 Å². The maximum absolute atomic E-state index is 5.77. The van der Waals surface area contributed by atoms with E-state index in [1.54, 1.807) is 0 Å². The maximum Gasteiger partial charge on any atom is 0.161 e. The minimum absolute atomic E-state index is 0.507. The molecule has 0 spiro atoms. The second-order valence-electron chi connectivity index (χ2n) is 5.84. The molecule has 0 fully saturated rings. The summed E-state index contributed by atoms with van der Waals surface area (Å²) in [6, 6.07) is 7.69. The minimum Gasteiger partial charge on any atom is -0.487 e. The fourth-order valence-corrected chi connectivity index (χ4v) is 2.68. The first-order valence-electron chi connectivity index (χ1n) is 8.76. The number of ether oxygens (including phenoxy) is 4. The quantitative estimate of drug-likeness (QED) is 0.772. The van der Waals surface area contributed by atoms with Crippen LogP contribution in [0.25, 0.3) is 0 Å². The van der Waals surface area contributed by atoms with E-state index in [1.807, 2.05) is 36.4 Å². The summed E-state index contributed by atoms with van der Waals surface area (Å²) < 4.78 is 23.0. The molecule has 0 atom stereocenters. The van der Waals surface area contributed by atoms with Gasteiger partial charge in [-0.25, -0.2) is 0 Å². The monoisotopic (exact) mass is 343 g/mol. The molecular formula is C20H25NO4. The predicted octanol–water partition coefficient (Wildman–Crippen LogP) is 2.44. The highest BCUT2D eigenvalue weighted by molar-refractivity contribution is 5.39. The van der Waals surface area contributed by atoms with Crippen molar-refractivity contribution in [2.45, 2.75) is 0 Å². The van der Waals surface area contributed by atoms with E-state index in [1.165, 1.54) is 5.57 Å². The zero-order valence-electron chi connectivity index (χ0n) is 14.5. The van der Waals surface area contributed by atoms with Gasteiger partial charge in [-0.3, -0.25) is 4.90 Å². The Kier molecular flexibility index (Phi) is 7.16. The molecule has 0 amide bonds. The molecule has 1 aliphatic heterocycles. The van der Waals surface area contributed by atoms with E-state index in [4.69, 9.17) is 18.9 Å². The van der Waals surface area contributed by atoms with Crippen LogP contribution in [-0.2, 0) is 9.47 Å².